The maximum absolute atomic E-state index is 14.1. The molecule has 3 aliphatic heterocycles. The van der Waals surface area contributed by atoms with Gasteiger partial charge in [0.1, 0.15) is 18.1 Å². The van der Waals surface area contributed by atoms with Gasteiger partial charge in [0.05, 0.1) is 18.8 Å². The van der Waals surface area contributed by atoms with Crippen LogP contribution in [0.25, 0.3) is 5.76 Å². The molecule has 38 heavy (non-hydrogen) atoms. The summed E-state index contributed by atoms with van der Waals surface area (Å²) in [5, 5.41) is 11.6. The standard InChI is InChI=1S/C29H31N3O6/c1-4-15-38-23-10-9-20(18-19(23)2)25(33)24-26(34)27(35)32(12-11-31-13-16-37-17-14-31)29(24)21-7-5-6-8-22(21)30(3)28(29)36/h4-10,18,33H,1,11-17H2,2-3H3/t29-/m0/s1. The van der Waals surface area contributed by atoms with E-state index in [9.17, 15) is 19.5 Å². The number of aryl methyl sites for hydroxylation is 1. The van der Waals surface area contributed by atoms with Crippen LogP contribution in [0.2, 0.25) is 0 Å². The number of Topliss-reactive ketones (excluding diaryl/α,β-unsaturated/α-hetero) is 1. The molecule has 9 nitrogen and oxygen atoms in total. The molecule has 5 rings (SSSR count). The lowest BCUT2D eigenvalue weighted by Gasteiger charge is -2.36. The van der Waals surface area contributed by atoms with E-state index in [1.54, 1.807) is 55.6 Å². The van der Waals surface area contributed by atoms with Crippen LogP contribution in [-0.2, 0) is 24.7 Å². The number of para-hydroxylation sites is 1. The number of fused-ring (bicyclic) bond motifs is 2. The minimum Gasteiger partial charge on any atom is -0.507 e. The number of amides is 2. The van der Waals surface area contributed by atoms with Crippen molar-refractivity contribution in [3.05, 3.63) is 77.4 Å². The summed E-state index contributed by atoms with van der Waals surface area (Å²) in [4.78, 5) is 46.2. The van der Waals surface area contributed by atoms with E-state index in [1.807, 2.05) is 6.92 Å². The van der Waals surface area contributed by atoms with Gasteiger partial charge < -0.3 is 24.4 Å². The second kappa shape index (κ2) is 10.1. The van der Waals surface area contributed by atoms with Gasteiger partial charge in [-0.15, -0.1) is 0 Å². The van der Waals surface area contributed by atoms with Crippen LogP contribution < -0.4 is 9.64 Å². The number of likely N-dealkylation sites (tertiary alicyclic amines) is 1. The fourth-order valence-corrected chi connectivity index (χ4v) is 5.59. The zero-order valence-corrected chi connectivity index (χ0v) is 21.6. The van der Waals surface area contributed by atoms with Gasteiger partial charge in [-0.1, -0.05) is 30.9 Å². The van der Waals surface area contributed by atoms with Gasteiger partial charge in [-0.2, -0.15) is 0 Å². The Kier molecular flexibility index (Phi) is 6.81. The van der Waals surface area contributed by atoms with Crippen LogP contribution in [0.1, 0.15) is 16.7 Å². The predicted molar refractivity (Wildman–Crippen MR) is 142 cm³/mol. The third-order valence-electron chi connectivity index (χ3n) is 7.49. The minimum atomic E-state index is -1.76. The van der Waals surface area contributed by atoms with E-state index in [2.05, 4.69) is 11.5 Å². The Bertz CT molecular complexity index is 1350. The van der Waals surface area contributed by atoms with Gasteiger partial charge in [-0.3, -0.25) is 19.3 Å². The fraction of sp³-hybridized carbons (Fsp3) is 0.345. The first kappa shape index (κ1) is 25.7. The van der Waals surface area contributed by atoms with E-state index in [-0.39, 0.29) is 12.1 Å². The number of ketones is 1. The minimum absolute atomic E-state index is 0.141. The maximum atomic E-state index is 14.1. The van der Waals surface area contributed by atoms with Gasteiger partial charge in [0.25, 0.3) is 17.6 Å². The lowest BCUT2D eigenvalue weighted by Crippen LogP contribution is -2.53. The van der Waals surface area contributed by atoms with Gasteiger partial charge >= 0.3 is 0 Å². The number of hydrogen-bond acceptors (Lipinski definition) is 7. The summed E-state index contributed by atoms with van der Waals surface area (Å²) in [6.45, 7) is 8.95. The third kappa shape index (κ3) is 3.90. The molecule has 0 radical (unpaired) electrons. The first-order valence-electron chi connectivity index (χ1n) is 12.6. The van der Waals surface area contributed by atoms with E-state index in [0.717, 1.165) is 5.56 Å². The number of hydrogen-bond donors (Lipinski definition) is 1. The van der Waals surface area contributed by atoms with Crippen LogP contribution in [0.3, 0.4) is 0 Å². The molecule has 9 heteroatoms. The molecule has 2 aromatic rings. The van der Waals surface area contributed by atoms with E-state index in [1.165, 1.54) is 9.80 Å². The molecule has 2 saturated heterocycles. The number of likely N-dealkylation sites (N-methyl/N-ethyl adjacent to an activating group) is 1. The predicted octanol–water partition coefficient (Wildman–Crippen LogP) is 2.44. The Labute approximate surface area is 221 Å². The number of aliphatic hydroxyl groups excluding tert-OH is 1. The summed E-state index contributed by atoms with van der Waals surface area (Å²) in [7, 11) is 1.62. The zero-order chi connectivity index (χ0) is 27.0. The van der Waals surface area contributed by atoms with Crippen molar-refractivity contribution in [2.45, 2.75) is 12.5 Å². The van der Waals surface area contributed by atoms with Gasteiger partial charge in [-0.05, 0) is 36.8 Å². The highest BCUT2D eigenvalue weighted by molar-refractivity contribution is 6.50. The van der Waals surface area contributed by atoms with Crippen molar-refractivity contribution in [3.8, 4) is 5.75 Å². The average molecular weight is 518 g/mol. The van der Waals surface area contributed by atoms with Crippen molar-refractivity contribution in [2.24, 2.45) is 0 Å². The molecule has 1 atom stereocenters. The summed E-state index contributed by atoms with van der Waals surface area (Å²) in [6, 6.07) is 12.1. The van der Waals surface area contributed by atoms with Crippen molar-refractivity contribution < 1.29 is 29.0 Å². The molecule has 2 aromatic carbocycles. The van der Waals surface area contributed by atoms with Crippen molar-refractivity contribution in [1.29, 1.82) is 0 Å². The van der Waals surface area contributed by atoms with Crippen LogP contribution in [0.5, 0.6) is 5.75 Å². The van der Waals surface area contributed by atoms with E-state index in [0.29, 0.717) is 62.0 Å². The number of anilines is 1. The smallest absolute Gasteiger partial charge is 0.296 e. The van der Waals surface area contributed by atoms with Gasteiger partial charge in [0.15, 0.2) is 5.54 Å². The summed E-state index contributed by atoms with van der Waals surface area (Å²) in [6.07, 6.45) is 1.63. The molecule has 2 fully saturated rings. The number of carbonyl (C=O) groups is 3. The maximum Gasteiger partial charge on any atom is 0.296 e. The van der Waals surface area contributed by atoms with Crippen LogP contribution in [-0.4, -0.2) is 85.6 Å². The van der Waals surface area contributed by atoms with Crippen LogP contribution in [0, 0.1) is 6.92 Å². The van der Waals surface area contributed by atoms with E-state index >= 15 is 0 Å². The Hall–Kier alpha value is -3.95. The Morgan fingerprint density at radius 1 is 1.13 bits per heavy atom. The van der Waals surface area contributed by atoms with E-state index < -0.39 is 28.9 Å². The van der Waals surface area contributed by atoms with Crippen molar-refractivity contribution in [1.82, 2.24) is 9.80 Å². The van der Waals surface area contributed by atoms with Crippen molar-refractivity contribution in [3.63, 3.8) is 0 Å². The molecule has 198 valence electrons. The first-order valence-corrected chi connectivity index (χ1v) is 12.6. The Balaban J connectivity index is 1.66. The number of morpholine rings is 1. The molecular weight excluding hydrogens is 486 g/mol. The topological polar surface area (TPSA) is 99.6 Å². The lowest BCUT2D eigenvalue weighted by molar-refractivity contribution is -0.144. The summed E-state index contributed by atoms with van der Waals surface area (Å²) in [5.74, 6) is -1.93. The SMILES string of the molecule is C=CCOc1ccc(C(O)=C2C(=O)C(=O)N(CCN3CCOCC3)[C@]23C(=O)N(C)c2ccccc23)cc1C. The number of aliphatic hydroxyl groups is 1. The third-order valence-corrected chi connectivity index (χ3v) is 7.49. The second-order valence-corrected chi connectivity index (χ2v) is 9.64. The quantitative estimate of drug-likeness (QED) is 0.261. The number of benzene rings is 2. The van der Waals surface area contributed by atoms with Crippen molar-refractivity contribution in [2.75, 3.05) is 57.9 Å². The van der Waals surface area contributed by atoms with Crippen LogP contribution in [0.4, 0.5) is 5.69 Å². The highest BCUT2D eigenvalue weighted by Gasteiger charge is 2.66. The van der Waals surface area contributed by atoms with Crippen LogP contribution >= 0.6 is 0 Å². The lowest BCUT2D eigenvalue weighted by atomic mass is 9.81. The molecule has 3 heterocycles. The average Bonchev–Trinajstić information content (AvgIpc) is 3.29. The molecule has 1 spiro atoms. The zero-order valence-electron chi connectivity index (χ0n) is 21.6. The number of carbonyl (C=O) groups excluding carboxylic acids is 3. The molecule has 0 unspecified atom stereocenters. The molecular formula is C29H31N3O6. The molecule has 0 bridgehead atoms. The summed E-state index contributed by atoms with van der Waals surface area (Å²) in [5.41, 5.74) is 0.150. The summed E-state index contributed by atoms with van der Waals surface area (Å²) >= 11 is 0. The highest BCUT2D eigenvalue weighted by Crippen LogP contribution is 2.53. The van der Waals surface area contributed by atoms with Gasteiger partial charge in [-0.25, -0.2) is 0 Å². The van der Waals surface area contributed by atoms with Gasteiger partial charge in [0.2, 0.25) is 0 Å². The number of rotatable bonds is 7. The summed E-state index contributed by atoms with van der Waals surface area (Å²) < 4.78 is 11.1. The normalized spacial score (nSPS) is 22.8. The monoisotopic (exact) mass is 517 g/mol. The largest absolute Gasteiger partial charge is 0.507 e. The molecule has 1 N–H and O–H groups in total. The van der Waals surface area contributed by atoms with Gasteiger partial charge in [0, 0.05) is 50.0 Å². The van der Waals surface area contributed by atoms with Crippen LogP contribution in [0.15, 0.2) is 60.7 Å². The number of ether oxygens (including phenoxy) is 2. The molecule has 0 aliphatic carbocycles. The second-order valence-electron chi connectivity index (χ2n) is 9.64. The molecule has 0 saturated carbocycles. The molecule has 0 aromatic heterocycles. The van der Waals surface area contributed by atoms with E-state index in [4.69, 9.17) is 9.47 Å². The van der Waals surface area contributed by atoms with Crippen molar-refractivity contribution >= 4 is 29.0 Å². The number of nitrogens with zero attached hydrogens (tertiary/aromatic N) is 3. The molecule has 3 aliphatic rings. The first-order chi connectivity index (χ1) is 18.3. The Morgan fingerprint density at radius 2 is 1.87 bits per heavy atom. The Morgan fingerprint density at radius 3 is 2.58 bits per heavy atom. The fourth-order valence-electron chi connectivity index (χ4n) is 5.59. The molecule has 2 amide bonds. The highest BCUT2D eigenvalue weighted by atomic mass is 16.5.